The highest BCUT2D eigenvalue weighted by atomic mass is 79.9. The predicted molar refractivity (Wildman–Crippen MR) is 82.0 cm³/mol. The zero-order valence-electron chi connectivity index (χ0n) is 11.1. The first-order valence-corrected chi connectivity index (χ1v) is 7.81. The van der Waals surface area contributed by atoms with Crippen LogP contribution < -0.4 is 5.32 Å². The van der Waals surface area contributed by atoms with E-state index in [0.29, 0.717) is 11.5 Å². The normalized spacial score (nSPS) is 23.0. The van der Waals surface area contributed by atoms with Crippen molar-refractivity contribution in [3.63, 3.8) is 0 Å². The third-order valence-corrected chi connectivity index (χ3v) is 4.80. The lowest BCUT2D eigenvalue weighted by atomic mass is 9.75. The molecule has 1 N–H and O–H groups in total. The maximum absolute atomic E-state index is 6.04. The fourth-order valence-electron chi connectivity index (χ4n) is 2.81. The Balaban J connectivity index is 1.93. The number of rotatable bonds is 3. The molecule has 1 saturated carbocycles. The number of halogens is 2. The van der Waals surface area contributed by atoms with E-state index in [-0.39, 0.29) is 0 Å². The Bertz CT molecular complexity index is 417. The van der Waals surface area contributed by atoms with E-state index in [4.69, 9.17) is 11.6 Å². The Morgan fingerprint density at radius 3 is 2.94 bits per heavy atom. The van der Waals surface area contributed by atoms with Crippen molar-refractivity contribution >= 4 is 27.5 Å². The average molecular weight is 331 g/mol. The van der Waals surface area contributed by atoms with Crippen molar-refractivity contribution in [1.29, 1.82) is 0 Å². The summed E-state index contributed by atoms with van der Waals surface area (Å²) in [4.78, 5) is 0. The Labute approximate surface area is 123 Å². The first kappa shape index (κ1) is 14.4. The van der Waals surface area contributed by atoms with Gasteiger partial charge in [0.1, 0.15) is 0 Å². The molecule has 0 amide bonds. The number of benzene rings is 1. The summed E-state index contributed by atoms with van der Waals surface area (Å²) in [6.07, 6.45) is 5.25. The number of hydrogen-bond donors (Lipinski definition) is 1. The van der Waals surface area contributed by atoms with E-state index in [9.17, 15) is 0 Å². The fourth-order valence-corrected chi connectivity index (χ4v) is 3.39. The highest BCUT2D eigenvalue weighted by Gasteiger charge is 2.27. The molecule has 1 nitrogen and oxygen atoms in total. The van der Waals surface area contributed by atoms with Crippen LogP contribution in [0.1, 0.15) is 45.1 Å². The minimum atomic E-state index is 0.488. The Kier molecular flexibility index (Phi) is 4.74. The lowest BCUT2D eigenvalue weighted by molar-refractivity contribution is 0.197. The highest BCUT2D eigenvalue weighted by Crippen LogP contribution is 2.35. The van der Waals surface area contributed by atoms with Crippen LogP contribution in [-0.2, 0) is 6.54 Å². The molecule has 1 aliphatic rings. The summed E-state index contributed by atoms with van der Waals surface area (Å²) in [7, 11) is 0. The summed E-state index contributed by atoms with van der Waals surface area (Å²) in [5.74, 6) is 0. The summed E-state index contributed by atoms with van der Waals surface area (Å²) in [6, 6.07) is 6.61. The van der Waals surface area contributed by atoms with Crippen molar-refractivity contribution in [1.82, 2.24) is 5.32 Å². The topological polar surface area (TPSA) is 12.0 Å². The van der Waals surface area contributed by atoms with Crippen molar-refractivity contribution in [2.45, 2.75) is 52.1 Å². The van der Waals surface area contributed by atoms with Gasteiger partial charge in [-0.3, -0.25) is 0 Å². The summed E-state index contributed by atoms with van der Waals surface area (Å²) in [5, 5.41) is 4.48. The Morgan fingerprint density at radius 2 is 2.22 bits per heavy atom. The van der Waals surface area contributed by atoms with Crippen LogP contribution in [0.5, 0.6) is 0 Å². The average Bonchev–Trinajstić information content (AvgIpc) is 2.29. The lowest BCUT2D eigenvalue weighted by Gasteiger charge is -2.35. The van der Waals surface area contributed by atoms with Gasteiger partial charge in [-0.15, -0.1) is 0 Å². The first-order valence-electron chi connectivity index (χ1n) is 6.64. The van der Waals surface area contributed by atoms with Gasteiger partial charge in [-0.05, 0) is 48.4 Å². The second kappa shape index (κ2) is 5.94. The van der Waals surface area contributed by atoms with E-state index in [1.165, 1.54) is 31.2 Å². The smallest absolute Gasteiger partial charge is 0.0410 e. The van der Waals surface area contributed by atoms with Gasteiger partial charge in [0.15, 0.2) is 0 Å². The molecule has 18 heavy (non-hydrogen) atoms. The van der Waals surface area contributed by atoms with E-state index in [1.807, 2.05) is 18.2 Å². The van der Waals surface area contributed by atoms with Gasteiger partial charge in [-0.25, -0.2) is 0 Å². The molecule has 0 aromatic heterocycles. The number of hydrogen-bond acceptors (Lipinski definition) is 1. The van der Waals surface area contributed by atoms with Crippen LogP contribution in [0, 0.1) is 5.41 Å². The van der Waals surface area contributed by atoms with Gasteiger partial charge >= 0.3 is 0 Å². The minimum absolute atomic E-state index is 0.488. The summed E-state index contributed by atoms with van der Waals surface area (Å²) in [5.41, 5.74) is 1.73. The van der Waals surface area contributed by atoms with Crippen LogP contribution in [0.4, 0.5) is 0 Å². The molecule has 1 aromatic carbocycles. The molecule has 1 aromatic rings. The molecule has 1 unspecified atom stereocenters. The summed E-state index contributed by atoms with van der Waals surface area (Å²) >= 11 is 9.61. The minimum Gasteiger partial charge on any atom is -0.310 e. The van der Waals surface area contributed by atoms with E-state index in [2.05, 4.69) is 35.1 Å². The largest absolute Gasteiger partial charge is 0.310 e. The van der Waals surface area contributed by atoms with E-state index in [0.717, 1.165) is 16.0 Å². The molecule has 100 valence electrons. The Hall–Kier alpha value is -0.0500. The third kappa shape index (κ3) is 3.97. The zero-order chi connectivity index (χ0) is 13.2. The van der Waals surface area contributed by atoms with Crippen molar-refractivity contribution in [3.05, 3.63) is 33.3 Å². The molecule has 3 heteroatoms. The number of nitrogens with one attached hydrogen (secondary N) is 1. The Morgan fingerprint density at radius 1 is 1.44 bits per heavy atom. The standard InChI is InChI=1S/C15H21BrClN/c1-15(2)7-3-4-13(9-15)18-10-11-8-12(17)5-6-14(11)16/h5-6,8,13,18H,3-4,7,9-10H2,1-2H3. The summed E-state index contributed by atoms with van der Waals surface area (Å²) < 4.78 is 1.13. The van der Waals surface area contributed by atoms with Gasteiger partial charge in [0.2, 0.25) is 0 Å². The quantitative estimate of drug-likeness (QED) is 0.807. The molecule has 0 heterocycles. The van der Waals surface area contributed by atoms with Crippen LogP contribution in [0.2, 0.25) is 5.02 Å². The van der Waals surface area contributed by atoms with E-state index < -0.39 is 0 Å². The van der Waals surface area contributed by atoms with Gasteiger partial charge in [0, 0.05) is 22.1 Å². The van der Waals surface area contributed by atoms with Crippen LogP contribution >= 0.6 is 27.5 Å². The van der Waals surface area contributed by atoms with Crippen molar-refractivity contribution in [3.8, 4) is 0 Å². The molecular formula is C15H21BrClN. The monoisotopic (exact) mass is 329 g/mol. The fraction of sp³-hybridized carbons (Fsp3) is 0.600. The molecule has 0 saturated heterocycles. The van der Waals surface area contributed by atoms with Crippen LogP contribution in [0.15, 0.2) is 22.7 Å². The predicted octanol–water partition coefficient (Wildman–Crippen LogP) is 5.16. The molecule has 1 fully saturated rings. The maximum Gasteiger partial charge on any atom is 0.0410 e. The van der Waals surface area contributed by atoms with Gasteiger partial charge in [-0.1, -0.05) is 47.8 Å². The molecule has 2 rings (SSSR count). The molecule has 1 atom stereocenters. The van der Waals surface area contributed by atoms with E-state index >= 15 is 0 Å². The molecule has 0 bridgehead atoms. The summed E-state index contributed by atoms with van der Waals surface area (Å²) in [6.45, 7) is 5.63. The van der Waals surface area contributed by atoms with E-state index in [1.54, 1.807) is 0 Å². The van der Waals surface area contributed by atoms with Gasteiger partial charge in [0.25, 0.3) is 0 Å². The van der Waals surface area contributed by atoms with Crippen molar-refractivity contribution in [2.75, 3.05) is 0 Å². The first-order chi connectivity index (χ1) is 8.46. The van der Waals surface area contributed by atoms with Crippen LogP contribution in [0.3, 0.4) is 0 Å². The molecule has 0 spiro atoms. The van der Waals surface area contributed by atoms with Gasteiger partial charge in [0.05, 0.1) is 0 Å². The van der Waals surface area contributed by atoms with Crippen LogP contribution in [0.25, 0.3) is 0 Å². The maximum atomic E-state index is 6.04. The highest BCUT2D eigenvalue weighted by molar-refractivity contribution is 9.10. The molecule has 0 radical (unpaired) electrons. The van der Waals surface area contributed by atoms with Crippen molar-refractivity contribution < 1.29 is 0 Å². The zero-order valence-corrected chi connectivity index (χ0v) is 13.4. The second-order valence-corrected chi connectivity index (χ2v) is 7.36. The van der Waals surface area contributed by atoms with Gasteiger partial charge < -0.3 is 5.32 Å². The third-order valence-electron chi connectivity index (χ3n) is 3.79. The SMILES string of the molecule is CC1(C)CCCC(NCc2cc(Cl)ccc2Br)C1. The second-order valence-electron chi connectivity index (χ2n) is 6.07. The van der Waals surface area contributed by atoms with Crippen molar-refractivity contribution in [2.24, 2.45) is 5.41 Å². The van der Waals surface area contributed by atoms with Crippen LogP contribution in [-0.4, -0.2) is 6.04 Å². The molecular weight excluding hydrogens is 310 g/mol. The molecule has 0 aliphatic heterocycles. The lowest BCUT2D eigenvalue weighted by Crippen LogP contribution is -2.36. The molecule has 1 aliphatic carbocycles. The van der Waals surface area contributed by atoms with Gasteiger partial charge in [-0.2, -0.15) is 0 Å².